The molecule has 0 atom stereocenters. The van der Waals surface area contributed by atoms with Crippen molar-refractivity contribution in [2.24, 2.45) is 0 Å². The molecule has 148 valence electrons. The van der Waals surface area contributed by atoms with E-state index in [0.29, 0.717) is 16.7 Å². The van der Waals surface area contributed by atoms with Crippen LogP contribution in [0, 0.1) is 13.8 Å². The van der Waals surface area contributed by atoms with E-state index in [-0.39, 0.29) is 12.5 Å². The number of carbonyl (C=O) groups excluding carboxylic acids is 1. The lowest BCUT2D eigenvalue weighted by Gasteiger charge is -2.20. The topological polar surface area (TPSA) is 81.2 Å². The second-order valence-corrected chi connectivity index (χ2v) is 8.36. The number of hydrogen-bond acceptors (Lipinski definition) is 7. The SMILES string of the molecule is CC(=O)N(c1nc(Cn2nc(-c3cccs3)oc2=O)cs1)c1ccc(C)cc1C. The molecule has 0 N–H and O–H groups in total. The highest BCUT2D eigenvalue weighted by Crippen LogP contribution is 2.32. The molecule has 0 spiro atoms. The maximum absolute atomic E-state index is 12.3. The third kappa shape index (κ3) is 3.92. The maximum atomic E-state index is 12.3. The molecular formula is C20H18N4O3S2. The highest BCUT2D eigenvalue weighted by atomic mass is 32.1. The molecule has 0 aliphatic heterocycles. The van der Waals surface area contributed by atoms with E-state index in [1.165, 1.54) is 34.3 Å². The second kappa shape index (κ2) is 7.76. The zero-order chi connectivity index (χ0) is 20.5. The average molecular weight is 427 g/mol. The van der Waals surface area contributed by atoms with E-state index in [4.69, 9.17) is 4.42 Å². The van der Waals surface area contributed by atoms with Crippen LogP contribution in [0.4, 0.5) is 10.8 Å². The van der Waals surface area contributed by atoms with Gasteiger partial charge in [-0.1, -0.05) is 23.8 Å². The Morgan fingerprint density at radius 1 is 1.24 bits per heavy atom. The number of benzene rings is 1. The van der Waals surface area contributed by atoms with Crippen LogP contribution in [0.25, 0.3) is 10.8 Å². The van der Waals surface area contributed by atoms with Gasteiger partial charge in [0.15, 0.2) is 5.13 Å². The number of amides is 1. The van der Waals surface area contributed by atoms with E-state index < -0.39 is 5.76 Å². The van der Waals surface area contributed by atoms with Gasteiger partial charge in [-0.05, 0) is 36.9 Å². The van der Waals surface area contributed by atoms with E-state index in [1.807, 2.05) is 54.9 Å². The van der Waals surface area contributed by atoms with Gasteiger partial charge in [0.2, 0.25) is 5.91 Å². The van der Waals surface area contributed by atoms with Crippen LogP contribution in [-0.2, 0) is 11.3 Å². The minimum atomic E-state index is -0.541. The van der Waals surface area contributed by atoms with Crippen LogP contribution in [0.2, 0.25) is 0 Å². The molecular weight excluding hydrogens is 408 g/mol. The maximum Gasteiger partial charge on any atom is 0.437 e. The van der Waals surface area contributed by atoms with Gasteiger partial charge in [-0.2, -0.15) is 4.68 Å². The predicted molar refractivity (Wildman–Crippen MR) is 114 cm³/mol. The molecule has 0 bridgehead atoms. The molecule has 1 aromatic carbocycles. The van der Waals surface area contributed by atoms with Crippen molar-refractivity contribution in [2.45, 2.75) is 27.3 Å². The number of aromatic nitrogens is 3. The molecule has 29 heavy (non-hydrogen) atoms. The lowest BCUT2D eigenvalue weighted by molar-refractivity contribution is -0.115. The molecule has 7 nitrogen and oxygen atoms in total. The normalized spacial score (nSPS) is 11.0. The Bertz CT molecular complexity index is 1220. The van der Waals surface area contributed by atoms with Crippen LogP contribution in [0.1, 0.15) is 23.7 Å². The van der Waals surface area contributed by atoms with Crippen molar-refractivity contribution in [3.63, 3.8) is 0 Å². The first-order valence-electron chi connectivity index (χ1n) is 8.86. The van der Waals surface area contributed by atoms with Crippen LogP contribution in [0.5, 0.6) is 0 Å². The summed E-state index contributed by atoms with van der Waals surface area (Å²) in [6.07, 6.45) is 0. The number of nitrogens with zero attached hydrogens (tertiary/aromatic N) is 4. The fourth-order valence-corrected chi connectivity index (χ4v) is 4.51. The van der Waals surface area contributed by atoms with Gasteiger partial charge in [0.05, 0.1) is 22.8 Å². The van der Waals surface area contributed by atoms with Crippen LogP contribution >= 0.6 is 22.7 Å². The Morgan fingerprint density at radius 2 is 2.07 bits per heavy atom. The third-order valence-corrected chi connectivity index (χ3v) is 6.02. The monoisotopic (exact) mass is 426 g/mol. The third-order valence-electron chi connectivity index (χ3n) is 4.29. The van der Waals surface area contributed by atoms with Crippen LogP contribution in [0.15, 0.2) is 50.3 Å². The Kier molecular flexibility index (Phi) is 5.16. The van der Waals surface area contributed by atoms with E-state index >= 15 is 0 Å². The van der Waals surface area contributed by atoms with Crippen LogP contribution in [-0.4, -0.2) is 20.7 Å². The van der Waals surface area contributed by atoms with Crippen molar-refractivity contribution in [3.8, 4) is 10.8 Å². The molecule has 0 saturated heterocycles. The molecule has 0 aliphatic carbocycles. The summed E-state index contributed by atoms with van der Waals surface area (Å²) in [5, 5.41) is 8.51. The lowest BCUT2D eigenvalue weighted by Crippen LogP contribution is -2.23. The first kappa shape index (κ1) is 19.3. The summed E-state index contributed by atoms with van der Waals surface area (Å²) in [5.74, 6) is -0.377. The zero-order valence-electron chi connectivity index (χ0n) is 16.1. The van der Waals surface area contributed by atoms with Crippen molar-refractivity contribution in [2.75, 3.05) is 4.90 Å². The summed E-state index contributed by atoms with van der Waals surface area (Å²) in [6, 6.07) is 9.63. The smallest absolute Gasteiger partial charge is 0.387 e. The number of hydrogen-bond donors (Lipinski definition) is 0. The summed E-state index contributed by atoms with van der Waals surface area (Å²) in [6.45, 7) is 5.66. The molecule has 0 unspecified atom stereocenters. The molecule has 4 aromatic rings. The van der Waals surface area contributed by atoms with Gasteiger partial charge in [0, 0.05) is 12.3 Å². The second-order valence-electron chi connectivity index (χ2n) is 6.57. The van der Waals surface area contributed by atoms with Gasteiger partial charge in [-0.15, -0.1) is 27.8 Å². The van der Waals surface area contributed by atoms with Crippen molar-refractivity contribution < 1.29 is 9.21 Å². The molecule has 1 amide bonds. The highest BCUT2D eigenvalue weighted by molar-refractivity contribution is 7.14. The number of aryl methyl sites for hydroxylation is 2. The standard InChI is InChI=1S/C20H18N4O3S2/c1-12-6-7-16(13(2)9-12)24(14(3)25)19-21-15(11-29-19)10-23-20(26)27-18(22-23)17-5-4-8-28-17/h4-9,11H,10H2,1-3H3. The summed E-state index contributed by atoms with van der Waals surface area (Å²) >= 11 is 2.79. The predicted octanol–water partition coefficient (Wildman–Crippen LogP) is 4.37. The van der Waals surface area contributed by atoms with E-state index in [1.54, 1.807) is 4.90 Å². The number of anilines is 2. The summed E-state index contributed by atoms with van der Waals surface area (Å²) in [7, 11) is 0. The summed E-state index contributed by atoms with van der Waals surface area (Å²) in [4.78, 5) is 31.4. The van der Waals surface area contributed by atoms with E-state index in [9.17, 15) is 9.59 Å². The first-order chi connectivity index (χ1) is 13.9. The molecule has 0 radical (unpaired) electrons. The molecule has 3 aromatic heterocycles. The van der Waals surface area contributed by atoms with Gasteiger partial charge in [0.25, 0.3) is 5.89 Å². The number of rotatable bonds is 5. The number of carbonyl (C=O) groups is 1. The molecule has 9 heteroatoms. The first-order valence-corrected chi connectivity index (χ1v) is 10.6. The van der Waals surface area contributed by atoms with Crippen molar-refractivity contribution >= 4 is 39.4 Å². The molecule has 4 rings (SSSR count). The Morgan fingerprint density at radius 3 is 2.76 bits per heavy atom. The highest BCUT2D eigenvalue weighted by Gasteiger charge is 2.20. The van der Waals surface area contributed by atoms with Gasteiger partial charge in [0.1, 0.15) is 0 Å². The lowest BCUT2D eigenvalue weighted by atomic mass is 10.1. The Balaban J connectivity index is 1.62. The van der Waals surface area contributed by atoms with Crippen molar-refractivity contribution in [1.82, 2.24) is 14.8 Å². The number of thiophene rings is 1. The average Bonchev–Trinajstić information content (AvgIpc) is 3.40. The molecule has 3 heterocycles. The number of thiazole rings is 1. The quantitative estimate of drug-likeness (QED) is 0.473. The molecule has 0 fully saturated rings. The minimum absolute atomic E-state index is 0.128. The van der Waals surface area contributed by atoms with Crippen molar-refractivity contribution in [3.05, 3.63) is 68.5 Å². The van der Waals surface area contributed by atoms with Crippen molar-refractivity contribution in [1.29, 1.82) is 0 Å². The minimum Gasteiger partial charge on any atom is -0.387 e. The van der Waals surface area contributed by atoms with E-state index in [2.05, 4.69) is 10.1 Å². The fraction of sp³-hybridized carbons (Fsp3) is 0.200. The Labute approximate surface area is 174 Å². The largest absolute Gasteiger partial charge is 0.437 e. The van der Waals surface area contributed by atoms with Gasteiger partial charge < -0.3 is 4.42 Å². The molecule has 0 saturated carbocycles. The van der Waals surface area contributed by atoms with Crippen LogP contribution < -0.4 is 10.7 Å². The van der Waals surface area contributed by atoms with Gasteiger partial charge >= 0.3 is 5.76 Å². The summed E-state index contributed by atoms with van der Waals surface area (Å²) < 4.78 is 6.48. The molecule has 0 aliphatic rings. The zero-order valence-corrected chi connectivity index (χ0v) is 17.7. The van der Waals surface area contributed by atoms with Crippen LogP contribution in [0.3, 0.4) is 0 Å². The fourth-order valence-electron chi connectivity index (χ4n) is 2.99. The summed E-state index contributed by atoms with van der Waals surface area (Å²) in [5.41, 5.74) is 3.54. The van der Waals surface area contributed by atoms with Gasteiger partial charge in [-0.3, -0.25) is 9.69 Å². The van der Waals surface area contributed by atoms with E-state index in [0.717, 1.165) is 21.7 Å². The van der Waals surface area contributed by atoms with Gasteiger partial charge in [-0.25, -0.2) is 9.78 Å². The Hall–Kier alpha value is -3.04.